The van der Waals surface area contributed by atoms with Crippen LogP contribution in [0.15, 0.2) is 24.3 Å². The van der Waals surface area contributed by atoms with Crippen molar-refractivity contribution >= 4 is 17.7 Å². The van der Waals surface area contributed by atoms with Crippen LogP contribution in [-0.4, -0.2) is 35.2 Å². The summed E-state index contributed by atoms with van der Waals surface area (Å²) in [6.45, 7) is 2.21. The van der Waals surface area contributed by atoms with Crippen LogP contribution in [0.3, 0.4) is 0 Å². The van der Waals surface area contributed by atoms with Crippen molar-refractivity contribution < 1.29 is 14.4 Å². The van der Waals surface area contributed by atoms with Crippen molar-refractivity contribution in [2.75, 3.05) is 6.54 Å². The number of nitrogens with zero attached hydrogens (tertiary/aromatic N) is 1. The molecule has 5 heteroatoms. The fraction of sp³-hybridized carbons (Fsp3) is 0.471. The van der Waals surface area contributed by atoms with Gasteiger partial charge in [-0.3, -0.25) is 19.7 Å². The first kappa shape index (κ1) is 14.8. The number of carbonyl (C=O) groups is 3. The summed E-state index contributed by atoms with van der Waals surface area (Å²) in [5.74, 6) is -0.268. The Bertz CT molecular complexity index is 605. The number of amides is 3. The standard InChI is InChI=1S/C17H20N2O3/c1-2-19(14-10-15(20)18-16(14)21)17(22)13-8-6-12(7-9-13)11-4-3-5-11/h6-9,11,14H,2-5,10H2,1H3,(H,18,20,21)/t14-/m1/s1. The van der Waals surface area contributed by atoms with E-state index >= 15 is 0 Å². The molecule has 1 heterocycles. The van der Waals surface area contributed by atoms with Gasteiger partial charge in [0.05, 0.1) is 6.42 Å². The van der Waals surface area contributed by atoms with Crippen LogP contribution >= 0.6 is 0 Å². The highest BCUT2D eigenvalue weighted by molar-refractivity contribution is 6.08. The SMILES string of the molecule is CCN(C(=O)c1ccc(C2CCC2)cc1)[C@@H]1CC(=O)NC1=O. The van der Waals surface area contributed by atoms with Crippen molar-refractivity contribution in [3.63, 3.8) is 0 Å². The van der Waals surface area contributed by atoms with Gasteiger partial charge in [-0.05, 0) is 43.4 Å². The second-order valence-electron chi connectivity index (χ2n) is 5.97. The van der Waals surface area contributed by atoms with Gasteiger partial charge in [0.1, 0.15) is 6.04 Å². The molecular weight excluding hydrogens is 280 g/mol. The predicted molar refractivity (Wildman–Crippen MR) is 81.3 cm³/mol. The van der Waals surface area contributed by atoms with E-state index in [2.05, 4.69) is 5.32 Å². The molecule has 0 unspecified atom stereocenters. The van der Waals surface area contributed by atoms with E-state index in [-0.39, 0.29) is 24.1 Å². The zero-order valence-corrected chi connectivity index (χ0v) is 12.7. The number of nitrogens with one attached hydrogen (secondary N) is 1. The second-order valence-corrected chi connectivity index (χ2v) is 5.97. The highest BCUT2D eigenvalue weighted by Gasteiger charge is 2.37. The molecule has 1 N–H and O–H groups in total. The Kier molecular flexibility index (Phi) is 3.96. The lowest BCUT2D eigenvalue weighted by Gasteiger charge is -2.27. The first-order chi connectivity index (χ1) is 10.6. The zero-order chi connectivity index (χ0) is 15.7. The first-order valence-corrected chi connectivity index (χ1v) is 7.84. The Morgan fingerprint density at radius 3 is 2.36 bits per heavy atom. The van der Waals surface area contributed by atoms with Crippen LogP contribution in [0.25, 0.3) is 0 Å². The normalized spacial score (nSPS) is 21.4. The van der Waals surface area contributed by atoms with E-state index in [0.29, 0.717) is 18.0 Å². The van der Waals surface area contributed by atoms with Crippen molar-refractivity contribution in [2.24, 2.45) is 0 Å². The molecule has 1 saturated carbocycles. The van der Waals surface area contributed by atoms with Crippen molar-refractivity contribution in [3.8, 4) is 0 Å². The number of rotatable bonds is 4. The molecule has 0 radical (unpaired) electrons. The van der Waals surface area contributed by atoms with Crippen molar-refractivity contribution in [1.82, 2.24) is 10.2 Å². The van der Waals surface area contributed by atoms with Gasteiger partial charge in [0.2, 0.25) is 11.8 Å². The van der Waals surface area contributed by atoms with Crippen LogP contribution in [0.4, 0.5) is 0 Å². The molecule has 1 atom stereocenters. The minimum atomic E-state index is -0.684. The fourth-order valence-electron chi connectivity index (χ4n) is 3.10. The third kappa shape index (κ3) is 2.63. The molecule has 1 aromatic rings. The van der Waals surface area contributed by atoms with Crippen LogP contribution in [0, 0.1) is 0 Å². The van der Waals surface area contributed by atoms with Crippen LogP contribution in [-0.2, 0) is 9.59 Å². The average Bonchev–Trinajstić information content (AvgIpc) is 2.77. The molecule has 2 aliphatic rings. The molecule has 116 valence electrons. The largest absolute Gasteiger partial charge is 0.326 e. The summed E-state index contributed by atoms with van der Waals surface area (Å²) < 4.78 is 0. The maximum absolute atomic E-state index is 12.6. The van der Waals surface area contributed by atoms with Gasteiger partial charge in [-0.2, -0.15) is 0 Å². The molecule has 1 aliphatic carbocycles. The fourth-order valence-corrected chi connectivity index (χ4v) is 3.10. The van der Waals surface area contributed by atoms with Crippen LogP contribution in [0.2, 0.25) is 0 Å². The average molecular weight is 300 g/mol. The summed E-state index contributed by atoms with van der Waals surface area (Å²) in [6.07, 6.45) is 3.77. The van der Waals surface area contributed by atoms with Crippen LogP contribution in [0.5, 0.6) is 0 Å². The van der Waals surface area contributed by atoms with Gasteiger partial charge in [-0.1, -0.05) is 18.6 Å². The van der Waals surface area contributed by atoms with E-state index in [1.54, 1.807) is 0 Å². The van der Waals surface area contributed by atoms with E-state index in [4.69, 9.17) is 0 Å². The van der Waals surface area contributed by atoms with Crippen molar-refractivity contribution in [2.45, 2.75) is 44.6 Å². The molecule has 2 fully saturated rings. The number of imide groups is 1. The first-order valence-electron chi connectivity index (χ1n) is 7.84. The summed E-state index contributed by atoms with van der Waals surface area (Å²) in [4.78, 5) is 37.2. The monoisotopic (exact) mass is 300 g/mol. The van der Waals surface area contributed by atoms with Crippen molar-refractivity contribution in [1.29, 1.82) is 0 Å². The molecule has 1 saturated heterocycles. The van der Waals surface area contributed by atoms with Gasteiger partial charge in [0, 0.05) is 12.1 Å². The highest BCUT2D eigenvalue weighted by Crippen LogP contribution is 2.36. The van der Waals surface area contributed by atoms with E-state index in [1.807, 2.05) is 31.2 Å². The molecule has 5 nitrogen and oxygen atoms in total. The Morgan fingerprint density at radius 1 is 1.23 bits per heavy atom. The van der Waals surface area contributed by atoms with Gasteiger partial charge in [0.15, 0.2) is 0 Å². The number of hydrogen-bond donors (Lipinski definition) is 1. The van der Waals surface area contributed by atoms with Gasteiger partial charge in [0.25, 0.3) is 5.91 Å². The third-order valence-electron chi connectivity index (χ3n) is 4.66. The summed E-state index contributed by atoms with van der Waals surface area (Å²) in [6, 6.07) is 6.98. The third-order valence-corrected chi connectivity index (χ3v) is 4.66. The summed E-state index contributed by atoms with van der Waals surface area (Å²) in [7, 11) is 0. The van der Waals surface area contributed by atoms with Crippen molar-refractivity contribution in [3.05, 3.63) is 35.4 Å². The van der Waals surface area contributed by atoms with Gasteiger partial charge in [-0.15, -0.1) is 0 Å². The molecule has 1 aromatic carbocycles. The molecule has 22 heavy (non-hydrogen) atoms. The topological polar surface area (TPSA) is 66.5 Å². The van der Waals surface area contributed by atoms with Gasteiger partial charge in [-0.25, -0.2) is 0 Å². The lowest BCUT2D eigenvalue weighted by molar-refractivity contribution is -0.126. The lowest BCUT2D eigenvalue weighted by Crippen LogP contribution is -2.44. The Hall–Kier alpha value is -2.17. The van der Waals surface area contributed by atoms with E-state index in [1.165, 1.54) is 29.7 Å². The summed E-state index contributed by atoms with van der Waals surface area (Å²) in [5.41, 5.74) is 1.84. The highest BCUT2D eigenvalue weighted by atomic mass is 16.2. The number of benzene rings is 1. The van der Waals surface area contributed by atoms with Crippen LogP contribution in [0.1, 0.15) is 54.4 Å². The van der Waals surface area contributed by atoms with Gasteiger partial charge >= 0.3 is 0 Å². The maximum Gasteiger partial charge on any atom is 0.254 e. The molecule has 3 rings (SSSR count). The minimum Gasteiger partial charge on any atom is -0.326 e. The Labute approximate surface area is 129 Å². The second kappa shape index (κ2) is 5.91. The summed E-state index contributed by atoms with van der Waals surface area (Å²) in [5, 5.41) is 2.26. The zero-order valence-electron chi connectivity index (χ0n) is 12.7. The smallest absolute Gasteiger partial charge is 0.254 e. The predicted octanol–water partition coefficient (Wildman–Crippen LogP) is 1.83. The molecule has 0 spiro atoms. The van der Waals surface area contributed by atoms with Crippen LogP contribution < -0.4 is 5.32 Å². The number of hydrogen-bond acceptors (Lipinski definition) is 3. The van der Waals surface area contributed by atoms with E-state index in [0.717, 1.165) is 0 Å². The molecule has 1 aliphatic heterocycles. The molecule has 3 amide bonds. The Balaban J connectivity index is 1.76. The maximum atomic E-state index is 12.6. The molecular formula is C17H20N2O3. The lowest BCUT2D eigenvalue weighted by atomic mass is 9.80. The quantitative estimate of drug-likeness (QED) is 0.863. The Morgan fingerprint density at radius 2 is 1.91 bits per heavy atom. The summed E-state index contributed by atoms with van der Waals surface area (Å²) >= 11 is 0. The minimum absolute atomic E-state index is 0.0541. The molecule has 0 bridgehead atoms. The molecule has 0 aromatic heterocycles. The van der Waals surface area contributed by atoms with E-state index in [9.17, 15) is 14.4 Å². The number of carbonyl (C=O) groups excluding carboxylic acids is 3. The van der Waals surface area contributed by atoms with Gasteiger partial charge < -0.3 is 4.90 Å². The van der Waals surface area contributed by atoms with E-state index < -0.39 is 6.04 Å². The number of likely N-dealkylation sites (N-methyl/N-ethyl adjacent to an activating group) is 1.